The number of aromatic nitrogens is 2. The molecule has 0 unspecified atom stereocenters. The number of nitrogens with zero attached hydrogens (tertiary/aromatic N) is 2. The molecule has 2 heterocycles. The Hall–Kier alpha value is -1.97. The fraction of sp³-hybridized carbons (Fsp3) is 0.474. The first-order valence-electron chi connectivity index (χ1n) is 9.23. The highest BCUT2D eigenvalue weighted by Crippen LogP contribution is 2.26. The maximum absolute atomic E-state index is 12.4. The molecule has 0 radical (unpaired) electrons. The van der Waals surface area contributed by atoms with E-state index in [1.54, 1.807) is 12.1 Å². The van der Waals surface area contributed by atoms with Crippen LogP contribution < -0.4 is 10.6 Å². The summed E-state index contributed by atoms with van der Waals surface area (Å²) in [6.07, 6.45) is 2.43. The van der Waals surface area contributed by atoms with Gasteiger partial charge in [0.1, 0.15) is 0 Å². The Morgan fingerprint density at radius 1 is 1.32 bits per heavy atom. The van der Waals surface area contributed by atoms with Crippen molar-refractivity contribution in [3.8, 4) is 0 Å². The summed E-state index contributed by atoms with van der Waals surface area (Å²) >= 11 is 2.84. The quantitative estimate of drug-likeness (QED) is 0.475. The lowest BCUT2D eigenvalue weighted by atomic mass is 10.0. The molecule has 1 aliphatic rings. The Kier molecular flexibility index (Phi) is 7.41. The Labute approximate surface area is 172 Å². The zero-order valence-corrected chi connectivity index (χ0v) is 17.6. The van der Waals surface area contributed by atoms with E-state index in [9.17, 15) is 9.59 Å². The average Bonchev–Trinajstić information content (AvgIpc) is 3.36. The molecule has 7 nitrogen and oxygen atoms in total. The molecule has 1 aromatic heterocycles. The van der Waals surface area contributed by atoms with Crippen molar-refractivity contribution < 1.29 is 14.3 Å². The van der Waals surface area contributed by atoms with E-state index in [1.807, 2.05) is 19.1 Å². The van der Waals surface area contributed by atoms with E-state index in [0.29, 0.717) is 11.3 Å². The van der Waals surface area contributed by atoms with Crippen LogP contribution in [0, 0.1) is 0 Å². The molecule has 1 amide bonds. The smallest absolute Gasteiger partial charge is 0.217 e. The van der Waals surface area contributed by atoms with Crippen molar-refractivity contribution in [2.75, 3.05) is 24.2 Å². The summed E-state index contributed by atoms with van der Waals surface area (Å²) in [6, 6.07) is 7.25. The number of thioether (sulfide) groups is 1. The molecule has 1 saturated heterocycles. The van der Waals surface area contributed by atoms with Gasteiger partial charge in [-0.15, -0.1) is 10.2 Å². The third-order valence-corrected chi connectivity index (χ3v) is 6.40. The van der Waals surface area contributed by atoms with E-state index in [-0.39, 0.29) is 23.8 Å². The van der Waals surface area contributed by atoms with Gasteiger partial charge >= 0.3 is 0 Å². The number of ether oxygens (including phenoxy) is 1. The number of carbonyl (C=O) groups excluding carboxylic acids is 2. The van der Waals surface area contributed by atoms with E-state index in [0.717, 1.165) is 41.0 Å². The lowest BCUT2D eigenvalue weighted by Gasteiger charge is -2.13. The largest absolute Gasteiger partial charge is 0.376 e. The molecule has 0 spiro atoms. The second-order valence-corrected chi connectivity index (χ2v) is 8.85. The molecule has 1 aromatic carbocycles. The second-order valence-electron chi connectivity index (χ2n) is 6.65. The fourth-order valence-electron chi connectivity index (χ4n) is 2.90. The summed E-state index contributed by atoms with van der Waals surface area (Å²) in [5, 5.41) is 15.1. The van der Waals surface area contributed by atoms with E-state index in [4.69, 9.17) is 4.74 Å². The number of hydrogen-bond donors (Lipinski definition) is 2. The van der Waals surface area contributed by atoms with Gasteiger partial charge in [0.15, 0.2) is 10.1 Å². The van der Waals surface area contributed by atoms with Gasteiger partial charge in [-0.1, -0.05) is 47.4 Å². The van der Waals surface area contributed by atoms with Gasteiger partial charge in [0, 0.05) is 25.6 Å². The van der Waals surface area contributed by atoms with Crippen LogP contribution in [0.4, 0.5) is 5.13 Å². The predicted octanol–water partition coefficient (Wildman–Crippen LogP) is 3.30. The van der Waals surface area contributed by atoms with Crippen molar-refractivity contribution in [3.63, 3.8) is 0 Å². The molecule has 1 aliphatic heterocycles. The number of Topliss-reactive ketones (excluding diaryl/α,β-unsaturated/α-hetero) is 1. The average molecular weight is 421 g/mol. The van der Waals surface area contributed by atoms with Gasteiger partial charge in [-0.25, -0.2) is 0 Å². The molecule has 2 N–H and O–H groups in total. The summed E-state index contributed by atoms with van der Waals surface area (Å²) in [4.78, 5) is 23.6. The summed E-state index contributed by atoms with van der Waals surface area (Å²) in [7, 11) is 0. The van der Waals surface area contributed by atoms with Crippen LogP contribution in [-0.4, -0.2) is 46.9 Å². The summed E-state index contributed by atoms with van der Waals surface area (Å²) < 4.78 is 6.34. The molecular weight excluding hydrogens is 396 g/mol. The normalized spacial score (nSPS) is 17.3. The van der Waals surface area contributed by atoms with Crippen LogP contribution in [0.15, 0.2) is 28.6 Å². The van der Waals surface area contributed by atoms with Crippen LogP contribution in [0.3, 0.4) is 0 Å². The van der Waals surface area contributed by atoms with Gasteiger partial charge in [-0.2, -0.15) is 0 Å². The van der Waals surface area contributed by atoms with Crippen molar-refractivity contribution in [3.05, 3.63) is 35.4 Å². The molecule has 28 heavy (non-hydrogen) atoms. The minimum absolute atomic E-state index is 0.0350. The molecule has 1 fully saturated rings. The molecule has 9 heteroatoms. The van der Waals surface area contributed by atoms with Crippen LogP contribution >= 0.6 is 23.1 Å². The number of nitrogens with one attached hydrogen (secondary N) is 2. The monoisotopic (exact) mass is 420 g/mol. The number of ketones is 1. The van der Waals surface area contributed by atoms with Gasteiger partial charge in [-0.05, 0) is 25.3 Å². The Balaban J connectivity index is 1.46. The molecular formula is C19H24N4O3S2. The van der Waals surface area contributed by atoms with Crippen LogP contribution in [0.25, 0.3) is 0 Å². The predicted molar refractivity (Wildman–Crippen MR) is 111 cm³/mol. The van der Waals surface area contributed by atoms with E-state index >= 15 is 0 Å². The van der Waals surface area contributed by atoms with Gasteiger partial charge in [0.25, 0.3) is 0 Å². The number of rotatable bonds is 9. The van der Waals surface area contributed by atoms with Crippen molar-refractivity contribution >= 4 is 39.9 Å². The molecule has 2 atom stereocenters. The van der Waals surface area contributed by atoms with Crippen molar-refractivity contribution in [1.82, 2.24) is 15.5 Å². The third kappa shape index (κ3) is 6.02. The van der Waals surface area contributed by atoms with Crippen molar-refractivity contribution in [2.24, 2.45) is 0 Å². The highest BCUT2D eigenvalue weighted by atomic mass is 32.2. The number of carbonyl (C=O) groups is 2. The summed E-state index contributed by atoms with van der Waals surface area (Å²) in [5.41, 5.74) is 1.61. The first kappa shape index (κ1) is 20.8. The zero-order valence-electron chi connectivity index (χ0n) is 15.9. The standard InChI is InChI=1S/C19H24N4O3S2/c1-12(21-13(2)24)14-5-7-15(8-6-14)17(25)11-27-19-23-22-18(28-19)20-10-16-4-3-9-26-16/h5-8,12,16H,3-4,9-11H2,1-2H3,(H,20,22)(H,21,24)/t12-,16+/m0/s1. The molecule has 0 bridgehead atoms. The molecule has 2 aromatic rings. The van der Waals surface area contributed by atoms with Crippen LogP contribution in [0.5, 0.6) is 0 Å². The Morgan fingerprint density at radius 2 is 2.11 bits per heavy atom. The minimum atomic E-state index is -0.0852. The van der Waals surface area contributed by atoms with E-state index in [2.05, 4.69) is 20.8 Å². The van der Waals surface area contributed by atoms with Crippen LogP contribution in [0.2, 0.25) is 0 Å². The first-order valence-corrected chi connectivity index (χ1v) is 11.0. The summed E-state index contributed by atoms with van der Waals surface area (Å²) in [5.74, 6) is 0.263. The molecule has 3 rings (SSSR count). The van der Waals surface area contributed by atoms with Gasteiger partial charge in [-0.3, -0.25) is 9.59 Å². The molecule has 0 saturated carbocycles. The maximum Gasteiger partial charge on any atom is 0.217 e. The number of hydrogen-bond acceptors (Lipinski definition) is 8. The molecule has 150 valence electrons. The number of benzene rings is 1. The lowest BCUT2D eigenvalue weighted by Crippen LogP contribution is -2.23. The van der Waals surface area contributed by atoms with E-state index in [1.165, 1.54) is 30.0 Å². The lowest BCUT2D eigenvalue weighted by molar-refractivity contribution is -0.119. The van der Waals surface area contributed by atoms with E-state index < -0.39 is 0 Å². The van der Waals surface area contributed by atoms with Gasteiger partial charge in [0.2, 0.25) is 11.0 Å². The van der Waals surface area contributed by atoms with Crippen LogP contribution in [0.1, 0.15) is 48.7 Å². The second kappa shape index (κ2) is 9.99. The number of anilines is 1. The van der Waals surface area contributed by atoms with Crippen molar-refractivity contribution in [1.29, 1.82) is 0 Å². The minimum Gasteiger partial charge on any atom is -0.376 e. The van der Waals surface area contributed by atoms with Gasteiger partial charge in [0.05, 0.1) is 17.9 Å². The van der Waals surface area contributed by atoms with Gasteiger partial charge < -0.3 is 15.4 Å². The SMILES string of the molecule is CC(=O)N[C@@H](C)c1ccc(C(=O)CSc2nnc(NC[C@H]3CCCO3)s2)cc1. The first-order chi connectivity index (χ1) is 13.5. The number of amides is 1. The van der Waals surface area contributed by atoms with Crippen molar-refractivity contribution in [2.45, 2.75) is 43.2 Å². The molecule has 0 aliphatic carbocycles. The van der Waals surface area contributed by atoms with Crippen LogP contribution in [-0.2, 0) is 9.53 Å². The Morgan fingerprint density at radius 3 is 2.79 bits per heavy atom. The maximum atomic E-state index is 12.4. The zero-order chi connectivity index (χ0) is 19.9. The fourth-order valence-corrected chi connectivity index (χ4v) is 4.56. The highest BCUT2D eigenvalue weighted by Gasteiger charge is 2.16. The topological polar surface area (TPSA) is 93.2 Å². The Bertz CT molecular complexity index is 804. The third-order valence-electron chi connectivity index (χ3n) is 4.39. The summed E-state index contributed by atoms with van der Waals surface area (Å²) in [6.45, 7) is 4.97. The highest BCUT2D eigenvalue weighted by molar-refractivity contribution is 8.01.